The largest absolute Gasteiger partial charge is 0.387 e. The van der Waals surface area contributed by atoms with Crippen molar-refractivity contribution in [2.24, 2.45) is 0 Å². The molecule has 0 aliphatic carbocycles. The Kier molecular flexibility index (Phi) is 5.56. The molecule has 0 aromatic carbocycles. The molecule has 0 spiro atoms. The molecule has 166 valence electrons. The number of aryl methyl sites for hydroxylation is 2. The van der Waals surface area contributed by atoms with Crippen molar-refractivity contribution in [2.45, 2.75) is 55.7 Å². The fourth-order valence-corrected chi connectivity index (χ4v) is 5.02. The van der Waals surface area contributed by atoms with Gasteiger partial charge in [-0.3, -0.25) is 4.57 Å². The van der Waals surface area contributed by atoms with E-state index in [1.807, 2.05) is 13.8 Å². The van der Waals surface area contributed by atoms with Crippen LogP contribution in [0.3, 0.4) is 0 Å². The number of rotatable bonds is 6. The maximum absolute atomic E-state index is 10.7. The first-order chi connectivity index (χ1) is 15.0. The number of fused-ring (bicyclic) bond motifs is 1. The number of hydrogen-bond acceptors (Lipinski definition) is 11. The Labute approximate surface area is 182 Å². The number of nitrogens with one attached hydrogen (secondary N) is 1. The lowest BCUT2D eigenvalue weighted by Gasteiger charge is -2.17. The SMILES string of the molecule is Cc1noc(C)c1SC[C@@H]1O[C@@H](n2cnc3c(NC4CCOC4)ncnc32)[C@H](O)[C@@H]1O. The van der Waals surface area contributed by atoms with Crippen LogP contribution in [-0.4, -0.2) is 78.2 Å². The van der Waals surface area contributed by atoms with Gasteiger partial charge in [-0.25, -0.2) is 15.0 Å². The average Bonchev–Trinajstić information content (AvgIpc) is 3.53. The molecule has 3 N–H and O–H groups in total. The van der Waals surface area contributed by atoms with Crippen LogP contribution in [0.15, 0.2) is 22.1 Å². The van der Waals surface area contributed by atoms with Gasteiger partial charge in [0.2, 0.25) is 0 Å². The molecule has 3 aromatic heterocycles. The number of imidazole rings is 1. The molecule has 31 heavy (non-hydrogen) atoms. The second-order valence-electron chi connectivity index (χ2n) is 7.76. The van der Waals surface area contributed by atoms with E-state index in [0.29, 0.717) is 35.9 Å². The van der Waals surface area contributed by atoms with Gasteiger partial charge in [-0.15, -0.1) is 11.8 Å². The summed E-state index contributed by atoms with van der Waals surface area (Å²) >= 11 is 1.48. The first-order valence-electron chi connectivity index (χ1n) is 10.1. The molecule has 0 radical (unpaired) electrons. The first-order valence-corrected chi connectivity index (χ1v) is 11.1. The number of aromatic nitrogens is 5. The van der Waals surface area contributed by atoms with E-state index in [0.717, 1.165) is 22.8 Å². The van der Waals surface area contributed by atoms with E-state index in [4.69, 9.17) is 14.0 Å². The Morgan fingerprint density at radius 2 is 2.10 bits per heavy atom. The summed E-state index contributed by atoms with van der Waals surface area (Å²) in [6.45, 7) is 5.04. The van der Waals surface area contributed by atoms with Crippen LogP contribution in [0.1, 0.15) is 24.1 Å². The van der Waals surface area contributed by atoms with Crippen LogP contribution in [0.4, 0.5) is 5.82 Å². The fraction of sp³-hybridized carbons (Fsp3) is 0.579. The first kappa shape index (κ1) is 20.6. The predicted molar refractivity (Wildman–Crippen MR) is 111 cm³/mol. The van der Waals surface area contributed by atoms with E-state index in [1.165, 1.54) is 18.1 Å². The van der Waals surface area contributed by atoms with E-state index in [1.54, 1.807) is 10.9 Å². The van der Waals surface area contributed by atoms with Crippen molar-refractivity contribution in [1.29, 1.82) is 0 Å². The quantitative estimate of drug-likeness (QED) is 0.466. The number of nitrogens with zero attached hydrogens (tertiary/aromatic N) is 5. The third-order valence-electron chi connectivity index (χ3n) is 5.60. The topological polar surface area (TPSA) is 141 Å². The Bertz CT molecular complexity index is 1050. The van der Waals surface area contributed by atoms with Crippen molar-refractivity contribution in [1.82, 2.24) is 24.7 Å². The van der Waals surface area contributed by atoms with Gasteiger partial charge in [-0.1, -0.05) is 5.16 Å². The molecular weight excluding hydrogens is 424 g/mol. The molecule has 2 saturated heterocycles. The molecule has 0 bridgehead atoms. The summed E-state index contributed by atoms with van der Waals surface area (Å²) in [7, 11) is 0. The summed E-state index contributed by atoms with van der Waals surface area (Å²) in [6.07, 6.45) is 0.334. The molecule has 2 fully saturated rings. The van der Waals surface area contributed by atoms with Crippen LogP contribution in [0, 0.1) is 13.8 Å². The summed E-state index contributed by atoms with van der Waals surface area (Å²) < 4.78 is 18.3. The van der Waals surface area contributed by atoms with Gasteiger partial charge in [0, 0.05) is 12.4 Å². The van der Waals surface area contributed by atoms with Crippen LogP contribution in [-0.2, 0) is 9.47 Å². The summed E-state index contributed by atoms with van der Waals surface area (Å²) in [4.78, 5) is 14.0. The second-order valence-corrected chi connectivity index (χ2v) is 8.79. The third-order valence-corrected chi connectivity index (χ3v) is 6.97. The summed E-state index contributed by atoms with van der Waals surface area (Å²) in [6, 6.07) is 0.170. The maximum atomic E-state index is 10.7. The van der Waals surface area contributed by atoms with Crippen molar-refractivity contribution in [3.8, 4) is 0 Å². The van der Waals surface area contributed by atoms with E-state index >= 15 is 0 Å². The number of thioether (sulfide) groups is 1. The molecular formula is C19H24N6O5S. The fourth-order valence-electron chi connectivity index (χ4n) is 3.93. The Morgan fingerprint density at radius 1 is 1.23 bits per heavy atom. The minimum atomic E-state index is -1.12. The molecule has 0 saturated carbocycles. The van der Waals surface area contributed by atoms with Crippen molar-refractivity contribution in [3.05, 3.63) is 24.1 Å². The number of aliphatic hydroxyl groups excluding tert-OH is 2. The van der Waals surface area contributed by atoms with Gasteiger partial charge >= 0.3 is 0 Å². The molecule has 1 unspecified atom stereocenters. The molecule has 2 aliphatic rings. The van der Waals surface area contributed by atoms with Gasteiger partial charge in [0.25, 0.3) is 0 Å². The predicted octanol–water partition coefficient (Wildman–Crippen LogP) is 1.04. The molecule has 11 nitrogen and oxygen atoms in total. The molecule has 5 atom stereocenters. The zero-order valence-electron chi connectivity index (χ0n) is 17.1. The van der Waals surface area contributed by atoms with Crippen LogP contribution in [0.2, 0.25) is 0 Å². The summed E-state index contributed by atoms with van der Waals surface area (Å²) in [5.41, 5.74) is 1.89. The van der Waals surface area contributed by atoms with E-state index in [2.05, 4.69) is 25.4 Å². The van der Waals surface area contributed by atoms with Gasteiger partial charge in [0.1, 0.15) is 24.3 Å². The highest BCUT2D eigenvalue weighted by molar-refractivity contribution is 7.99. The van der Waals surface area contributed by atoms with Gasteiger partial charge in [-0.05, 0) is 20.3 Å². The lowest BCUT2D eigenvalue weighted by Crippen LogP contribution is -2.32. The van der Waals surface area contributed by atoms with Crippen LogP contribution >= 0.6 is 11.8 Å². The lowest BCUT2D eigenvalue weighted by atomic mass is 10.1. The molecule has 12 heteroatoms. The second kappa shape index (κ2) is 8.36. The van der Waals surface area contributed by atoms with Gasteiger partial charge in [0.15, 0.2) is 23.2 Å². The Balaban J connectivity index is 1.35. The molecule has 0 amide bonds. The van der Waals surface area contributed by atoms with Crippen LogP contribution < -0.4 is 5.32 Å². The lowest BCUT2D eigenvalue weighted by molar-refractivity contribution is -0.0289. The monoisotopic (exact) mass is 448 g/mol. The van der Waals surface area contributed by atoms with Crippen LogP contribution in [0.5, 0.6) is 0 Å². The minimum Gasteiger partial charge on any atom is -0.387 e. The van der Waals surface area contributed by atoms with Gasteiger partial charge in [0.05, 0.1) is 35.7 Å². The highest BCUT2D eigenvalue weighted by atomic mass is 32.2. The van der Waals surface area contributed by atoms with Crippen molar-refractivity contribution >= 4 is 28.7 Å². The summed E-state index contributed by atoms with van der Waals surface area (Å²) in [5, 5.41) is 28.6. The van der Waals surface area contributed by atoms with Crippen LogP contribution in [0.25, 0.3) is 11.2 Å². The standard InChI is InChI=1S/C19H24N6O5S/c1-9-16(10(2)30-24-9)31-6-12-14(26)15(27)19(29-12)25-8-22-13-17(20-7-21-18(13)25)23-11-3-4-28-5-11/h7-8,11-12,14-15,19,26-27H,3-6H2,1-2H3,(H,20,21,23)/t11?,12-,14+,15+,19+/m0/s1. The maximum Gasteiger partial charge on any atom is 0.167 e. The van der Waals surface area contributed by atoms with Crippen molar-refractivity contribution in [2.75, 3.05) is 24.3 Å². The minimum absolute atomic E-state index is 0.170. The molecule has 2 aliphatic heterocycles. The van der Waals surface area contributed by atoms with Gasteiger partial charge in [-0.2, -0.15) is 0 Å². The zero-order chi connectivity index (χ0) is 21.5. The number of hydrogen-bond donors (Lipinski definition) is 3. The highest BCUT2D eigenvalue weighted by Crippen LogP contribution is 2.36. The van der Waals surface area contributed by atoms with E-state index in [-0.39, 0.29) is 6.04 Å². The molecule has 3 aromatic rings. The Morgan fingerprint density at radius 3 is 2.84 bits per heavy atom. The smallest absolute Gasteiger partial charge is 0.167 e. The third kappa shape index (κ3) is 3.78. The average molecular weight is 449 g/mol. The van der Waals surface area contributed by atoms with Crippen molar-refractivity contribution < 1.29 is 24.2 Å². The van der Waals surface area contributed by atoms with E-state index < -0.39 is 24.5 Å². The highest BCUT2D eigenvalue weighted by Gasteiger charge is 2.44. The zero-order valence-corrected chi connectivity index (χ0v) is 17.9. The Hall–Kier alpha value is -2.25. The van der Waals surface area contributed by atoms with Crippen molar-refractivity contribution in [3.63, 3.8) is 0 Å². The van der Waals surface area contributed by atoms with E-state index in [9.17, 15) is 10.2 Å². The summed E-state index contributed by atoms with van der Waals surface area (Å²) in [5.74, 6) is 1.77. The molecule has 5 rings (SSSR count). The molecule has 5 heterocycles. The van der Waals surface area contributed by atoms with Gasteiger partial charge < -0.3 is 29.5 Å². The number of anilines is 1. The number of aliphatic hydroxyl groups is 2. The number of ether oxygens (including phenoxy) is 2. The normalized spacial score (nSPS) is 28.6.